The fraction of sp³-hybridized carbons (Fsp3) is 0.192. The van der Waals surface area contributed by atoms with Gasteiger partial charge >= 0.3 is 0 Å². The highest BCUT2D eigenvalue weighted by Crippen LogP contribution is 2.29. The van der Waals surface area contributed by atoms with Crippen molar-refractivity contribution in [3.63, 3.8) is 0 Å². The minimum Gasteiger partial charge on any atom is -0.497 e. The first-order valence-electron chi connectivity index (χ1n) is 10.8. The Morgan fingerprint density at radius 2 is 1.53 bits per heavy atom. The van der Waals surface area contributed by atoms with Gasteiger partial charge in [0.2, 0.25) is 5.91 Å². The molecule has 1 N–H and O–H groups in total. The monoisotopic (exact) mass is 475 g/mol. The minimum atomic E-state index is -0.736. The van der Waals surface area contributed by atoms with E-state index < -0.39 is 6.04 Å². The summed E-state index contributed by atoms with van der Waals surface area (Å²) < 4.78 is 10.4. The van der Waals surface area contributed by atoms with Crippen molar-refractivity contribution in [2.75, 3.05) is 24.4 Å². The molecule has 3 aromatic rings. The van der Waals surface area contributed by atoms with E-state index in [0.29, 0.717) is 23.1 Å². The Bertz CT molecular complexity index is 1170. The van der Waals surface area contributed by atoms with Crippen molar-refractivity contribution < 1.29 is 19.1 Å². The number of rotatable bonds is 7. The second-order valence-electron chi connectivity index (χ2n) is 7.76. The molecule has 1 fully saturated rings. The Balaban J connectivity index is 1.61. The van der Waals surface area contributed by atoms with Crippen LogP contribution in [0.2, 0.25) is 0 Å². The molecule has 0 spiro atoms. The number of methoxy groups -OCH3 is 2. The lowest BCUT2D eigenvalue weighted by molar-refractivity contribution is -0.122. The van der Waals surface area contributed by atoms with Gasteiger partial charge in [0.1, 0.15) is 17.5 Å². The first kappa shape index (κ1) is 23.3. The lowest BCUT2D eigenvalue weighted by atomic mass is 10.1. The van der Waals surface area contributed by atoms with E-state index in [9.17, 15) is 9.59 Å². The van der Waals surface area contributed by atoms with Crippen LogP contribution in [0.1, 0.15) is 12.0 Å². The SMILES string of the molecule is COc1ccc(CN(C(=S)Nc2ccccc2)C2CC(=O)N(c3ccc(OC)cc3)C2=O)cc1. The van der Waals surface area contributed by atoms with Crippen LogP contribution in [-0.4, -0.2) is 42.1 Å². The summed E-state index contributed by atoms with van der Waals surface area (Å²) in [5.74, 6) is 0.787. The number of carbonyl (C=O) groups excluding carboxylic acids is 2. The average molecular weight is 476 g/mol. The zero-order valence-corrected chi connectivity index (χ0v) is 19.7. The number of carbonyl (C=O) groups is 2. The molecule has 4 rings (SSSR count). The molecule has 1 aliphatic rings. The highest BCUT2D eigenvalue weighted by Gasteiger charge is 2.43. The van der Waals surface area contributed by atoms with Gasteiger partial charge in [-0.2, -0.15) is 0 Å². The molecule has 1 unspecified atom stereocenters. The lowest BCUT2D eigenvalue weighted by Crippen LogP contribution is -2.46. The van der Waals surface area contributed by atoms with Crippen LogP contribution in [0.5, 0.6) is 11.5 Å². The second kappa shape index (κ2) is 10.4. The summed E-state index contributed by atoms with van der Waals surface area (Å²) in [7, 11) is 3.17. The van der Waals surface area contributed by atoms with Crippen molar-refractivity contribution in [1.29, 1.82) is 0 Å². The summed E-state index contributed by atoms with van der Waals surface area (Å²) in [5.41, 5.74) is 2.24. The maximum Gasteiger partial charge on any atom is 0.257 e. The Kier molecular flexibility index (Phi) is 7.08. The van der Waals surface area contributed by atoms with E-state index in [1.54, 1.807) is 43.4 Å². The fourth-order valence-electron chi connectivity index (χ4n) is 3.83. The van der Waals surface area contributed by atoms with E-state index in [4.69, 9.17) is 21.7 Å². The summed E-state index contributed by atoms with van der Waals surface area (Å²) in [6.07, 6.45) is 0.0254. The molecule has 0 aliphatic carbocycles. The molecular formula is C26H25N3O4S. The number of thiocarbonyl (C=S) groups is 1. The van der Waals surface area contributed by atoms with Crippen LogP contribution in [0.3, 0.4) is 0 Å². The molecule has 1 aliphatic heterocycles. The molecule has 7 nitrogen and oxygen atoms in total. The molecule has 3 aromatic carbocycles. The van der Waals surface area contributed by atoms with E-state index in [-0.39, 0.29) is 18.2 Å². The summed E-state index contributed by atoms with van der Waals surface area (Å²) in [5, 5.41) is 3.57. The van der Waals surface area contributed by atoms with Crippen LogP contribution in [0.4, 0.5) is 11.4 Å². The van der Waals surface area contributed by atoms with Gasteiger partial charge in [0.25, 0.3) is 5.91 Å². The van der Waals surface area contributed by atoms with Gasteiger partial charge in [-0.15, -0.1) is 0 Å². The van der Waals surface area contributed by atoms with Crippen molar-refractivity contribution in [2.45, 2.75) is 19.0 Å². The molecule has 0 aromatic heterocycles. The van der Waals surface area contributed by atoms with Crippen molar-refractivity contribution >= 4 is 40.5 Å². The van der Waals surface area contributed by atoms with Crippen molar-refractivity contribution in [3.05, 3.63) is 84.4 Å². The van der Waals surface area contributed by atoms with Gasteiger partial charge in [0.05, 0.1) is 26.3 Å². The third-order valence-corrected chi connectivity index (χ3v) is 5.96. The Morgan fingerprint density at radius 3 is 2.12 bits per heavy atom. The number of ether oxygens (including phenoxy) is 2. The van der Waals surface area contributed by atoms with Gasteiger partial charge < -0.3 is 19.7 Å². The van der Waals surface area contributed by atoms with Crippen LogP contribution < -0.4 is 19.7 Å². The molecule has 0 saturated carbocycles. The van der Waals surface area contributed by atoms with Crippen LogP contribution in [0.25, 0.3) is 0 Å². The predicted molar refractivity (Wildman–Crippen MR) is 135 cm³/mol. The Morgan fingerprint density at radius 1 is 0.941 bits per heavy atom. The maximum atomic E-state index is 13.5. The van der Waals surface area contributed by atoms with Crippen molar-refractivity contribution in [2.24, 2.45) is 0 Å². The molecule has 0 bridgehead atoms. The zero-order chi connectivity index (χ0) is 24.1. The van der Waals surface area contributed by atoms with Crippen molar-refractivity contribution in [3.8, 4) is 11.5 Å². The van der Waals surface area contributed by atoms with E-state index in [1.165, 1.54) is 4.90 Å². The zero-order valence-electron chi connectivity index (χ0n) is 18.9. The minimum absolute atomic E-state index is 0.0254. The number of benzene rings is 3. The third-order valence-electron chi connectivity index (χ3n) is 5.63. The maximum absolute atomic E-state index is 13.5. The van der Waals surface area contributed by atoms with E-state index in [1.807, 2.05) is 54.6 Å². The molecular weight excluding hydrogens is 450 g/mol. The summed E-state index contributed by atoms with van der Waals surface area (Å²) in [6.45, 7) is 0.350. The number of hydrogen-bond donors (Lipinski definition) is 1. The molecule has 1 saturated heterocycles. The Labute approximate surface area is 203 Å². The highest BCUT2D eigenvalue weighted by atomic mass is 32.1. The number of imide groups is 1. The molecule has 8 heteroatoms. The van der Waals surface area contributed by atoms with E-state index >= 15 is 0 Å². The van der Waals surface area contributed by atoms with Crippen LogP contribution in [-0.2, 0) is 16.1 Å². The average Bonchev–Trinajstić information content (AvgIpc) is 3.16. The Hall–Kier alpha value is -3.91. The largest absolute Gasteiger partial charge is 0.497 e. The van der Waals surface area contributed by atoms with E-state index in [0.717, 1.165) is 17.0 Å². The van der Waals surface area contributed by atoms with Crippen LogP contribution in [0.15, 0.2) is 78.9 Å². The summed E-state index contributed by atoms with van der Waals surface area (Å²) in [4.78, 5) is 29.4. The topological polar surface area (TPSA) is 71.1 Å². The third kappa shape index (κ3) is 5.02. The normalized spacial score (nSPS) is 15.2. The fourth-order valence-corrected chi connectivity index (χ4v) is 4.14. The van der Waals surface area contributed by atoms with Gasteiger partial charge in [0, 0.05) is 12.2 Å². The molecule has 0 radical (unpaired) electrons. The van der Waals surface area contributed by atoms with Crippen molar-refractivity contribution in [1.82, 2.24) is 4.90 Å². The van der Waals surface area contributed by atoms with Gasteiger partial charge in [-0.3, -0.25) is 9.59 Å². The number of nitrogens with one attached hydrogen (secondary N) is 1. The molecule has 1 heterocycles. The summed E-state index contributed by atoms with van der Waals surface area (Å²) >= 11 is 5.71. The van der Waals surface area contributed by atoms with Gasteiger partial charge in [-0.25, -0.2) is 4.90 Å². The molecule has 2 amide bonds. The number of nitrogens with zero attached hydrogens (tertiary/aromatic N) is 2. The van der Waals surface area contributed by atoms with Gasteiger partial charge in [0.15, 0.2) is 5.11 Å². The summed E-state index contributed by atoms with van der Waals surface area (Å²) in [6, 6.07) is 23.1. The molecule has 1 atom stereocenters. The molecule has 174 valence electrons. The number of para-hydroxylation sites is 1. The van der Waals surface area contributed by atoms with Gasteiger partial charge in [-0.1, -0.05) is 30.3 Å². The second-order valence-corrected chi connectivity index (χ2v) is 8.14. The van der Waals surface area contributed by atoms with Crippen LogP contribution in [0, 0.1) is 0 Å². The first-order valence-corrected chi connectivity index (χ1v) is 11.2. The van der Waals surface area contributed by atoms with Crippen LogP contribution >= 0.6 is 12.2 Å². The smallest absolute Gasteiger partial charge is 0.257 e. The number of anilines is 2. The quantitative estimate of drug-likeness (QED) is 0.405. The predicted octanol–water partition coefficient (Wildman–Crippen LogP) is 4.23. The number of hydrogen-bond acceptors (Lipinski definition) is 5. The lowest BCUT2D eigenvalue weighted by Gasteiger charge is -2.30. The first-order chi connectivity index (χ1) is 16.5. The van der Waals surface area contributed by atoms with Gasteiger partial charge in [-0.05, 0) is 66.3 Å². The standard InChI is InChI=1S/C26H25N3O4S/c1-32-21-12-8-18(9-13-21)17-28(26(34)27-19-6-4-3-5-7-19)23-16-24(30)29(25(23)31)20-10-14-22(33-2)15-11-20/h3-15,23H,16-17H2,1-2H3,(H,27,34). The highest BCUT2D eigenvalue weighted by molar-refractivity contribution is 7.80. The molecule has 34 heavy (non-hydrogen) atoms. The van der Waals surface area contributed by atoms with E-state index in [2.05, 4.69) is 5.32 Å². The number of amides is 2.